The van der Waals surface area contributed by atoms with Gasteiger partial charge < -0.3 is 10.6 Å². The molecule has 1 spiro atoms. The van der Waals surface area contributed by atoms with Crippen LogP contribution >= 0.6 is 0 Å². The Morgan fingerprint density at radius 2 is 1.65 bits per heavy atom. The minimum absolute atomic E-state index is 0.688. The minimum atomic E-state index is 0.688. The third-order valence-corrected chi connectivity index (χ3v) is 5.32. The summed E-state index contributed by atoms with van der Waals surface area (Å²) in [7, 11) is 0. The summed E-state index contributed by atoms with van der Waals surface area (Å²) in [6.07, 6.45) is 8.87. The van der Waals surface area contributed by atoms with Crippen LogP contribution < -0.4 is 5.73 Å². The highest BCUT2D eigenvalue weighted by Crippen LogP contribution is 2.46. The maximum absolute atomic E-state index is 5.88. The van der Waals surface area contributed by atoms with Crippen molar-refractivity contribution in [3.63, 3.8) is 0 Å². The highest BCUT2D eigenvalue weighted by atomic mass is 15.1. The van der Waals surface area contributed by atoms with E-state index in [1.807, 2.05) is 0 Å². The van der Waals surface area contributed by atoms with E-state index in [1.165, 1.54) is 58.2 Å². The zero-order valence-electron chi connectivity index (χ0n) is 11.8. The zero-order chi connectivity index (χ0) is 12.3. The first-order valence-corrected chi connectivity index (χ1v) is 7.58. The molecule has 1 aliphatic heterocycles. The molecule has 1 saturated carbocycles. The van der Waals surface area contributed by atoms with Gasteiger partial charge in [0.1, 0.15) is 0 Å². The number of hydrogen-bond donors (Lipinski definition) is 1. The molecule has 100 valence electrons. The van der Waals surface area contributed by atoms with Crippen molar-refractivity contribution in [2.24, 2.45) is 23.0 Å². The van der Waals surface area contributed by atoms with E-state index in [0.717, 1.165) is 17.9 Å². The highest BCUT2D eigenvalue weighted by Gasteiger charge is 2.37. The summed E-state index contributed by atoms with van der Waals surface area (Å²) in [4.78, 5) is 2.67. The lowest BCUT2D eigenvalue weighted by Crippen LogP contribution is -2.43. The Morgan fingerprint density at radius 1 is 1.06 bits per heavy atom. The lowest BCUT2D eigenvalue weighted by molar-refractivity contribution is 0.0899. The van der Waals surface area contributed by atoms with E-state index in [2.05, 4.69) is 18.7 Å². The molecule has 0 aromatic heterocycles. The fraction of sp³-hybridized carbons (Fsp3) is 1.00. The van der Waals surface area contributed by atoms with Crippen molar-refractivity contribution in [1.82, 2.24) is 4.90 Å². The second-order valence-corrected chi connectivity index (χ2v) is 6.75. The van der Waals surface area contributed by atoms with Crippen LogP contribution in [0, 0.1) is 17.3 Å². The summed E-state index contributed by atoms with van der Waals surface area (Å²) >= 11 is 0. The van der Waals surface area contributed by atoms with Crippen LogP contribution in [0.15, 0.2) is 0 Å². The topological polar surface area (TPSA) is 29.3 Å². The van der Waals surface area contributed by atoms with Gasteiger partial charge in [-0.25, -0.2) is 0 Å². The number of rotatable bonds is 4. The first-order chi connectivity index (χ1) is 8.15. The third-order valence-electron chi connectivity index (χ3n) is 5.32. The minimum Gasteiger partial charge on any atom is -0.330 e. The van der Waals surface area contributed by atoms with Crippen LogP contribution in [0.4, 0.5) is 0 Å². The molecule has 2 aliphatic rings. The Bertz CT molecular complexity index is 221. The summed E-state index contributed by atoms with van der Waals surface area (Å²) in [5, 5.41) is 0. The quantitative estimate of drug-likeness (QED) is 0.816. The molecule has 2 rings (SSSR count). The fourth-order valence-corrected chi connectivity index (χ4v) is 3.72. The van der Waals surface area contributed by atoms with E-state index in [9.17, 15) is 0 Å². The molecule has 17 heavy (non-hydrogen) atoms. The zero-order valence-corrected chi connectivity index (χ0v) is 11.8. The molecule has 2 N–H and O–H groups in total. The van der Waals surface area contributed by atoms with Crippen molar-refractivity contribution in [3.05, 3.63) is 0 Å². The Morgan fingerprint density at radius 3 is 2.12 bits per heavy atom. The summed E-state index contributed by atoms with van der Waals surface area (Å²) in [5.41, 5.74) is 6.64. The van der Waals surface area contributed by atoms with E-state index in [1.54, 1.807) is 0 Å². The normalized spacial score (nSPS) is 26.8. The van der Waals surface area contributed by atoms with Crippen molar-refractivity contribution >= 4 is 0 Å². The molecule has 2 fully saturated rings. The molecule has 1 atom stereocenters. The number of hydrogen-bond acceptors (Lipinski definition) is 2. The van der Waals surface area contributed by atoms with Crippen LogP contribution in [0.25, 0.3) is 0 Å². The lowest BCUT2D eigenvalue weighted by atomic mass is 9.77. The summed E-state index contributed by atoms with van der Waals surface area (Å²) in [5.74, 6) is 1.41. The van der Waals surface area contributed by atoms with Crippen LogP contribution in [-0.2, 0) is 0 Å². The molecule has 1 saturated heterocycles. The van der Waals surface area contributed by atoms with Gasteiger partial charge in [-0.15, -0.1) is 0 Å². The van der Waals surface area contributed by atoms with E-state index >= 15 is 0 Å². The Balaban J connectivity index is 1.78. The molecule has 0 radical (unpaired) electrons. The lowest BCUT2D eigenvalue weighted by Gasteiger charge is -2.41. The molecule has 0 amide bonds. The highest BCUT2D eigenvalue weighted by molar-refractivity contribution is 4.90. The van der Waals surface area contributed by atoms with Gasteiger partial charge in [-0.3, -0.25) is 0 Å². The van der Waals surface area contributed by atoms with E-state index in [4.69, 9.17) is 5.73 Å². The van der Waals surface area contributed by atoms with Crippen LogP contribution in [0.5, 0.6) is 0 Å². The summed E-state index contributed by atoms with van der Waals surface area (Å²) in [6.45, 7) is 9.33. The smallest absolute Gasteiger partial charge is 0.00242 e. The molecular weight excluding hydrogens is 208 g/mol. The van der Waals surface area contributed by atoms with Gasteiger partial charge in [0.15, 0.2) is 0 Å². The standard InChI is InChI=1S/C15H30N2/c1-13(2)14(11-16)12-17-9-7-15(8-10-17)5-3-4-6-15/h13-14H,3-12,16H2,1-2H3. The van der Waals surface area contributed by atoms with Crippen LogP contribution in [-0.4, -0.2) is 31.1 Å². The molecule has 0 aromatic rings. The van der Waals surface area contributed by atoms with Crippen molar-refractivity contribution in [2.45, 2.75) is 52.4 Å². The first-order valence-electron chi connectivity index (χ1n) is 7.58. The van der Waals surface area contributed by atoms with Gasteiger partial charge >= 0.3 is 0 Å². The molecule has 0 aromatic carbocycles. The average Bonchev–Trinajstić information content (AvgIpc) is 2.77. The molecule has 1 unspecified atom stereocenters. The van der Waals surface area contributed by atoms with Crippen LogP contribution in [0.3, 0.4) is 0 Å². The van der Waals surface area contributed by atoms with Gasteiger partial charge in [0.05, 0.1) is 0 Å². The summed E-state index contributed by atoms with van der Waals surface area (Å²) < 4.78 is 0. The monoisotopic (exact) mass is 238 g/mol. The number of likely N-dealkylation sites (tertiary alicyclic amines) is 1. The van der Waals surface area contributed by atoms with E-state index in [-0.39, 0.29) is 0 Å². The van der Waals surface area contributed by atoms with Gasteiger partial charge in [0, 0.05) is 6.54 Å². The van der Waals surface area contributed by atoms with Gasteiger partial charge in [-0.2, -0.15) is 0 Å². The SMILES string of the molecule is CC(C)C(CN)CN1CCC2(CCCC2)CC1. The van der Waals surface area contributed by atoms with Crippen LogP contribution in [0.1, 0.15) is 52.4 Å². The fourth-order valence-electron chi connectivity index (χ4n) is 3.72. The van der Waals surface area contributed by atoms with Gasteiger partial charge in [0.2, 0.25) is 0 Å². The second-order valence-electron chi connectivity index (χ2n) is 6.75. The summed E-state index contributed by atoms with van der Waals surface area (Å²) in [6, 6.07) is 0. The van der Waals surface area contributed by atoms with Gasteiger partial charge in [-0.05, 0) is 62.6 Å². The van der Waals surface area contributed by atoms with Gasteiger partial charge in [-0.1, -0.05) is 26.7 Å². The van der Waals surface area contributed by atoms with Crippen molar-refractivity contribution in [1.29, 1.82) is 0 Å². The van der Waals surface area contributed by atoms with Crippen LogP contribution in [0.2, 0.25) is 0 Å². The molecule has 1 heterocycles. The average molecular weight is 238 g/mol. The number of nitrogens with zero attached hydrogens (tertiary/aromatic N) is 1. The largest absolute Gasteiger partial charge is 0.330 e. The van der Waals surface area contributed by atoms with E-state index < -0.39 is 0 Å². The molecule has 2 heteroatoms. The molecule has 2 nitrogen and oxygen atoms in total. The van der Waals surface area contributed by atoms with Crippen molar-refractivity contribution in [3.8, 4) is 0 Å². The van der Waals surface area contributed by atoms with Crippen molar-refractivity contribution < 1.29 is 0 Å². The Labute approximate surface area is 107 Å². The second kappa shape index (κ2) is 5.71. The predicted octanol–water partition coefficient (Wildman–Crippen LogP) is 2.87. The number of nitrogens with two attached hydrogens (primary N) is 1. The maximum Gasteiger partial charge on any atom is 0.00242 e. The molecule has 1 aliphatic carbocycles. The van der Waals surface area contributed by atoms with Gasteiger partial charge in [0.25, 0.3) is 0 Å². The molecular formula is C15H30N2. The number of piperidine rings is 1. The maximum atomic E-state index is 5.88. The third kappa shape index (κ3) is 3.23. The van der Waals surface area contributed by atoms with E-state index in [0.29, 0.717) is 5.92 Å². The Hall–Kier alpha value is -0.0800. The predicted molar refractivity (Wildman–Crippen MR) is 74.0 cm³/mol. The first kappa shape index (κ1) is 13.4. The Kier molecular flexibility index (Phi) is 4.48. The van der Waals surface area contributed by atoms with Crippen molar-refractivity contribution in [2.75, 3.05) is 26.2 Å². The molecule has 0 bridgehead atoms.